The van der Waals surface area contributed by atoms with E-state index in [1.807, 2.05) is 0 Å². The van der Waals surface area contributed by atoms with Crippen molar-refractivity contribution in [3.05, 3.63) is 23.8 Å². The molecule has 1 N–H and O–H groups in total. The van der Waals surface area contributed by atoms with Gasteiger partial charge in [0.15, 0.2) is 0 Å². The largest absolute Gasteiger partial charge is 0.379 e. The molecule has 0 radical (unpaired) electrons. The number of nitrogens with zero attached hydrogens (tertiary/aromatic N) is 3. The molecule has 0 saturated carbocycles. The van der Waals surface area contributed by atoms with Crippen molar-refractivity contribution < 1.29 is 14.3 Å². The van der Waals surface area contributed by atoms with Gasteiger partial charge in [-0.25, -0.2) is 9.97 Å². The molecule has 1 amide bonds. The normalized spacial score (nSPS) is 25.4. The molecule has 2 aliphatic heterocycles. The van der Waals surface area contributed by atoms with Crippen molar-refractivity contribution in [1.29, 1.82) is 0 Å². The summed E-state index contributed by atoms with van der Waals surface area (Å²) >= 11 is 0. The summed E-state index contributed by atoms with van der Waals surface area (Å²) < 4.78 is 11.0. The first-order valence-corrected chi connectivity index (χ1v) is 8.29. The molecule has 3 rings (SSSR count). The highest BCUT2D eigenvalue weighted by atomic mass is 16.5. The first-order valence-electron chi connectivity index (χ1n) is 8.29. The SMILES string of the molecule is CCCc1ncncc1C(=O)N[C@H]1COC[C@@H]1N1CCOCC1. The number of hydrogen-bond acceptors (Lipinski definition) is 6. The van der Waals surface area contributed by atoms with Crippen molar-refractivity contribution in [2.24, 2.45) is 0 Å². The predicted octanol–water partition coefficient (Wildman–Crippen LogP) is 0.259. The van der Waals surface area contributed by atoms with Crippen molar-refractivity contribution >= 4 is 5.91 Å². The maximum Gasteiger partial charge on any atom is 0.255 e. The Hall–Kier alpha value is -1.57. The minimum absolute atomic E-state index is 0.00437. The Kier molecular flexibility index (Phi) is 5.53. The minimum Gasteiger partial charge on any atom is -0.379 e. The highest BCUT2D eigenvalue weighted by Crippen LogP contribution is 2.16. The third-order valence-electron chi connectivity index (χ3n) is 4.41. The molecule has 7 nitrogen and oxygen atoms in total. The topological polar surface area (TPSA) is 76.6 Å². The molecular weight excluding hydrogens is 296 g/mol. The van der Waals surface area contributed by atoms with E-state index in [1.54, 1.807) is 6.20 Å². The van der Waals surface area contributed by atoms with Crippen LogP contribution in [0.25, 0.3) is 0 Å². The molecule has 0 spiro atoms. The van der Waals surface area contributed by atoms with E-state index in [0.717, 1.165) is 44.8 Å². The summed E-state index contributed by atoms with van der Waals surface area (Å²) in [6.07, 6.45) is 4.82. The van der Waals surface area contributed by atoms with Crippen molar-refractivity contribution in [1.82, 2.24) is 20.2 Å². The van der Waals surface area contributed by atoms with Gasteiger partial charge in [-0.3, -0.25) is 9.69 Å². The first-order chi connectivity index (χ1) is 11.3. The summed E-state index contributed by atoms with van der Waals surface area (Å²) in [5.74, 6) is -0.109. The molecule has 0 unspecified atom stereocenters. The third kappa shape index (κ3) is 3.85. The summed E-state index contributed by atoms with van der Waals surface area (Å²) in [5, 5.41) is 3.11. The van der Waals surface area contributed by atoms with E-state index in [-0.39, 0.29) is 18.0 Å². The Morgan fingerprint density at radius 2 is 2.17 bits per heavy atom. The van der Waals surface area contributed by atoms with Crippen LogP contribution in [0.15, 0.2) is 12.5 Å². The molecule has 2 atom stereocenters. The van der Waals surface area contributed by atoms with E-state index < -0.39 is 0 Å². The van der Waals surface area contributed by atoms with Gasteiger partial charge in [0.05, 0.1) is 49.8 Å². The van der Waals surface area contributed by atoms with E-state index in [1.165, 1.54) is 6.33 Å². The molecule has 2 saturated heterocycles. The number of carbonyl (C=O) groups is 1. The number of morpholine rings is 1. The van der Waals surface area contributed by atoms with Crippen molar-refractivity contribution in [2.45, 2.75) is 31.8 Å². The maximum atomic E-state index is 12.6. The smallest absolute Gasteiger partial charge is 0.255 e. The van der Waals surface area contributed by atoms with Gasteiger partial charge in [0.25, 0.3) is 5.91 Å². The number of hydrogen-bond donors (Lipinski definition) is 1. The maximum absolute atomic E-state index is 12.6. The molecule has 3 heterocycles. The average Bonchev–Trinajstić information content (AvgIpc) is 3.04. The second-order valence-electron chi connectivity index (χ2n) is 5.97. The number of nitrogens with one attached hydrogen (secondary N) is 1. The van der Waals surface area contributed by atoms with Crippen LogP contribution in [0.2, 0.25) is 0 Å². The lowest BCUT2D eigenvalue weighted by molar-refractivity contribution is 0.0108. The van der Waals surface area contributed by atoms with Gasteiger partial charge < -0.3 is 14.8 Å². The van der Waals surface area contributed by atoms with Crippen LogP contribution in [-0.4, -0.2) is 72.4 Å². The van der Waals surface area contributed by atoms with Gasteiger partial charge in [0, 0.05) is 19.3 Å². The van der Waals surface area contributed by atoms with Crippen LogP contribution in [0, 0.1) is 0 Å². The van der Waals surface area contributed by atoms with Crippen molar-refractivity contribution in [3.63, 3.8) is 0 Å². The minimum atomic E-state index is -0.109. The van der Waals surface area contributed by atoms with Crippen LogP contribution in [0.4, 0.5) is 0 Å². The monoisotopic (exact) mass is 320 g/mol. The van der Waals surface area contributed by atoms with E-state index in [0.29, 0.717) is 18.8 Å². The van der Waals surface area contributed by atoms with E-state index in [2.05, 4.69) is 27.1 Å². The lowest BCUT2D eigenvalue weighted by Gasteiger charge is -2.34. The number of carbonyl (C=O) groups excluding carboxylic acids is 1. The number of aromatic nitrogens is 2. The molecule has 0 bridgehead atoms. The number of amides is 1. The van der Waals surface area contributed by atoms with Crippen LogP contribution in [0.5, 0.6) is 0 Å². The van der Waals surface area contributed by atoms with E-state index >= 15 is 0 Å². The second kappa shape index (κ2) is 7.81. The summed E-state index contributed by atoms with van der Waals surface area (Å²) in [4.78, 5) is 23.2. The third-order valence-corrected chi connectivity index (χ3v) is 4.41. The second-order valence-corrected chi connectivity index (χ2v) is 5.97. The van der Waals surface area contributed by atoms with Gasteiger partial charge in [0.2, 0.25) is 0 Å². The Morgan fingerprint density at radius 1 is 1.35 bits per heavy atom. The molecule has 2 fully saturated rings. The molecular formula is C16H24N4O3. The average molecular weight is 320 g/mol. The van der Waals surface area contributed by atoms with Gasteiger partial charge in [-0.15, -0.1) is 0 Å². The van der Waals surface area contributed by atoms with Crippen LogP contribution in [-0.2, 0) is 15.9 Å². The number of rotatable bonds is 5. The van der Waals surface area contributed by atoms with Gasteiger partial charge in [-0.2, -0.15) is 0 Å². The molecule has 23 heavy (non-hydrogen) atoms. The van der Waals surface area contributed by atoms with Crippen molar-refractivity contribution in [3.8, 4) is 0 Å². The highest BCUT2D eigenvalue weighted by Gasteiger charge is 2.35. The fourth-order valence-corrected chi connectivity index (χ4v) is 3.18. The van der Waals surface area contributed by atoms with Gasteiger partial charge in [-0.05, 0) is 6.42 Å². The van der Waals surface area contributed by atoms with Crippen LogP contribution >= 0.6 is 0 Å². The zero-order valence-corrected chi connectivity index (χ0v) is 13.5. The van der Waals surface area contributed by atoms with Gasteiger partial charge >= 0.3 is 0 Å². The first kappa shape index (κ1) is 16.3. The Bertz CT molecular complexity index is 534. The molecule has 1 aromatic rings. The van der Waals surface area contributed by atoms with Gasteiger partial charge in [-0.1, -0.05) is 13.3 Å². The number of aryl methyl sites for hydroxylation is 1. The zero-order valence-electron chi connectivity index (χ0n) is 13.5. The Morgan fingerprint density at radius 3 is 2.96 bits per heavy atom. The van der Waals surface area contributed by atoms with E-state index in [9.17, 15) is 4.79 Å². The zero-order chi connectivity index (χ0) is 16.1. The highest BCUT2D eigenvalue weighted by molar-refractivity contribution is 5.95. The molecule has 1 aromatic heterocycles. The van der Waals surface area contributed by atoms with Crippen LogP contribution in [0.1, 0.15) is 29.4 Å². The fourth-order valence-electron chi connectivity index (χ4n) is 3.18. The Labute approximate surface area is 136 Å². The van der Waals surface area contributed by atoms with Crippen LogP contribution < -0.4 is 5.32 Å². The Balaban J connectivity index is 1.67. The predicted molar refractivity (Wildman–Crippen MR) is 84.3 cm³/mol. The molecule has 0 aliphatic carbocycles. The quantitative estimate of drug-likeness (QED) is 0.838. The van der Waals surface area contributed by atoms with Crippen molar-refractivity contribution in [2.75, 3.05) is 39.5 Å². The number of ether oxygens (including phenoxy) is 2. The lowest BCUT2D eigenvalue weighted by Crippen LogP contribution is -2.54. The molecule has 0 aromatic carbocycles. The van der Waals surface area contributed by atoms with Gasteiger partial charge in [0.1, 0.15) is 6.33 Å². The lowest BCUT2D eigenvalue weighted by atomic mass is 10.1. The summed E-state index contributed by atoms with van der Waals surface area (Å²) in [6.45, 7) is 6.52. The summed E-state index contributed by atoms with van der Waals surface area (Å²) in [6, 6.07) is 0.206. The molecule has 7 heteroatoms. The summed E-state index contributed by atoms with van der Waals surface area (Å²) in [5.41, 5.74) is 1.38. The fraction of sp³-hybridized carbons (Fsp3) is 0.688. The van der Waals surface area contributed by atoms with E-state index in [4.69, 9.17) is 9.47 Å². The molecule has 126 valence electrons. The van der Waals surface area contributed by atoms with Crippen LogP contribution in [0.3, 0.4) is 0 Å². The standard InChI is InChI=1S/C16H24N4O3/c1-2-3-13-12(8-17-11-18-13)16(21)19-14-9-23-10-15(14)20-4-6-22-7-5-20/h8,11,14-15H,2-7,9-10H2,1H3,(H,19,21)/t14-,15-/m0/s1. The molecule has 2 aliphatic rings. The summed E-state index contributed by atoms with van der Waals surface area (Å²) in [7, 11) is 0.